The number of nitrogens with one attached hydrogen (secondary N) is 1. The second-order valence-corrected chi connectivity index (χ2v) is 7.61. The Morgan fingerprint density at radius 1 is 1.08 bits per heavy atom. The van der Waals surface area contributed by atoms with Crippen LogP contribution in [0.3, 0.4) is 0 Å². The zero-order valence-corrected chi connectivity index (χ0v) is 15.3. The molecule has 0 atom stereocenters. The molecule has 1 aromatic carbocycles. The van der Waals surface area contributed by atoms with Crippen LogP contribution >= 0.6 is 0 Å². The molecule has 25 heavy (non-hydrogen) atoms. The summed E-state index contributed by atoms with van der Waals surface area (Å²) in [5.74, 6) is -0.235. The highest BCUT2D eigenvalue weighted by Gasteiger charge is 2.22. The third-order valence-electron chi connectivity index (χ3n) is 4.09. The van der Waals surface area contributed by atoms with Crippen molar-refractivity contribution in [3.8, 4) is 0 Å². The van der Waals surface area contributed by atoms with Gasteiger partial charge in [0.25, 0.3) is 0 Å². The van der Waals surface area contributed by atoms with Crippen LogP contribution < -0.4 is 5.32 Å². The number of amides is 2. The zero-order chi connectivity index (χ0) is 18.4. The number of carbonyl (C=O) groups excluding carboxylic acids is 2. The Morgan fingerprint density at radius 2 is 1.76 bits per heavy atom. The maximum Gasteiger partial charge on any atom is 0.234 e. The van der Waals surface area contributed by atoms with Crippen LogP contribution in [0.4, 0.5) is 4.39 Å². The molecule has 1 heterocycles. The highest BCUT2D eigenvalue weighted by molar-refractivity contribution is 5.79. The normalized spacial score (nSPS) is 16.4. The minimum absolute atomic E-state index is 0.0126. The lowest BCUT2D eigenvalue weighted by molar-refractivity contribution is -0.130. The second kappa shape index (κ2) is 8.43. The van der Waals surface area contributed by atoms with E-state index in [-0.39, 0.29) is 29.6 Å². The first-order valence-electron chi connectivity index (χ1n) is 8.78. The van der Waals surface area contributed by atoms with Crippen molar-refractivity contribution in [3.63, 3.8) is 0 Å². The molecule has 1 fully saturated rings. The van der Waals surface area contributed by atoms with Crippen molar-refractivity contribution in [3.05, 3.63) is 35.6 Å². The molecule has 0 aliphatic carbocycles. The summed E-state index contributed by atoms with van der Waals surface area (Å²) in [5.41, 5.74) is 0.581. The Labute approximate surface area is 149 Å². The van der Waals surface area contributed by atoms with Gasteiger partial charge in [0.15, 0.2) is 0 Å². The summed E-state index contributed by atoms with van der Waals surface area (Å²) < 4.78 is 12.9. The van der Waals surface area contributed by atoms with E-state index < -0.39 is 0 Å². The fourth-order valence-corrected chi connectivity index (χ4v) is 2.93. The standard InChI is InChI=1S/C19H28FN3O2/c1-19(2,3)21-17(24)14-22-9-4-10-23(12-11-22)18(25)13-15-5-7-16(20)8-6-15/h5-8H,4,9-14H2,1-3H3,(H,21,24). The summed E-state index contributed by atoms with van der Waals surface area (Å²) in [6.45, 7) is 9.04. The van der Waals surface area contributed by atoms with Crippen LogP contribution in [0, 0.1) is 5.82 Å². The molecule has 5 nitrogen and oxygen atoms in total. The highest BCUT2D eigenvalue weighted by Crippen LogP contribution is 2.09. The maximum absolute atomic E-state index is 12.9. The molecule has 0 aromatic heterocycles. The van der Waals surface area contributed by atoms with E-state index in [1.54, 1.807) is 12.1 Å². The van der Waals surface area contributed by atoms with Crippen LogP contribution in [-0.2, 0) is 16.0 Å². The SMILES string of the molecule is CC(C)(C)NC(=O)CN1CCCN(C(=O)Cc2ccc(F)cc2)CC1. The molecule has 1 aliphatic heterocycles. The molecule has 0 unspecified atom stereocenters. The van der Waals surface area contributed by atoms with E-state index in [1.807, 2.05) is 25.7 Å². The second-order valence-electron chi connectivity index (χ2n) is 7.61. The van der Waals surface area contributed by atoms with E-state index >= 15 is 0 Å². The fourth-order valence-electron chi connectivity index (χ4n) is 2.93. The average Bonchev–Trinajstić information content (AvgIpc) is 2.73. The van der Waals surface area contributed by atoms with Gasteiger partial charge >= 0.3 is 0 Å². The predicted octanol–water partition coefficient (Wildman–Crippen LogP) is 1.82. The lowest BCUT2D eigenvalue weighted by Gasteiger charge is -2.25. The van der Waals surface area contributed by atoms with Crippen LogP contribution in [0.15, 0.2) is 24.3 Å². The molecule has 138 valence electrons. The van der Waals surface area contributed by atoms with Gasteiger partial charge in [0.1, 0.15) is 5.82 Å². The van der Waals surface area contributed by atoms with Crippen LogP contribution in [0.5, 0.6) is 0 Å². The molecule has 1 saturated heterocycles. The average molecular weight is 349 g/mol. The lowest BCUT2D eigenvalue weighted by atomic mass is 10.1. The third kappa shape index (κ3) is 6.82. The van der Waals surface area contributed by atoms with Gasteiger partial charge < -0.3 is 10.2 Å². The number of hydrogen-bond donors (Lipinski definition) is 1. The maximum atomic E-state index is 12.9. The summed E-state index contributed by atoms with van der Waals surface area (Å²) in [6, 6.07) is 6.05. The Bertz CT molecular complexity index is 596. The number of rotatable bonds is 4. The number of benzene rings is 1. The Hall–Kier alpha value is -1.95. The Balaban J connectivity index is 1.83. The van der Waals surface area contributed by atoms with Gasteiger partial charge in [-0.05, 0) is 44.9 Å². The first-order valence-corrected chi connectivity index (χ1v) is 8.78. The minimum atomic E-state index is -0.296. The summed E-state index contributed by atoms with van der Waals surface area (Å²) in [7, 11) is 0. The van der Waals surface area contributed by atoms with Gasteiger partial charge in [-0.25, -0.2) is 4.39 Å². The van der Waals surface area contributed by atoms with Gasteiger partial charge in [0, 0.05) is 31.7 Å². The molecule has 0 spiro atoms. The molecule has 0 saturated carbocycles. The summed E-state index contributed by atoms with van der Waals surface area (Å²) in [4.78, 5) is 28.4. The summed E-state index contributed by atoms with van der Waals surface area (Å²) in [5, 5.41) is 2.97. The summed E-state index contributed by atoms with van der Waals surface area (Å²) >= 11 is 0. The monoisotopic (exact) mass is 349 g/mol. The first-order chi connectivity index (χ1) is 11.7. The molecule has 1 aliphatic rings. The van der Waals surface area contributed by atoms with Gasteiger partial charge in [-0.2, -0.15) is 0 Å². The molecule has 6 heteroatoms. The number of halogens is 1. The fraction of sp³-hybridized carbons (Fsp3) is 0.579. The van der Waals surface area contributed by atoms with Gasteiger partial charge in [0.2, 0.25) is 11.8 Å². The first kappa shape index (κ1) is 19.4. The van der Waals surface area contributed by atoms with Crippen molar-refractivity contribution in [2.45, 2.75) is 39.2 Å². The molecule has 1 aromatic rings. The van der Waals surface area contributed by atoms with E-state index in [1.165, 1.54) is 12.1 Å². The molecule has 2 amide bonds. The third-order valence-corrected chi connectivity index (χ3v) is 4.09. The quantitative estimate of drug-likeness (QED) is 0.902. The largest absolute Gasteiger partial charge is 0.350 e. The molecular weight excluding hydrogens is 321 g/mol. The van der Waals surface area contributed by atoms with Gasteiger partial charge in [-0.1, -0.05) is 12.1 Å². The van der Waals surface area contributed by atoms with Gasteiger partial charge in [-0.3, -0.25) is 14.5 Å². The highest BCUT2D eigenvalue weighted by atomic mass is 19.1. The molecule has 2 rings (SSSR count). The van der Waals surface area contributed by atoms with E-state index in [9.17, 15) is 14.0 Å². The van der Waals surface area contributed by atoms with E-state index in [0.717, 1.165) is 18.5 Å². The number of carbonyl (C=O) groups is 2. The van der Waals surface area contributed by atoms with Crippen molar-refractivity contribution in [1.82, 2.24) is 15.1 Å². The van der Waals surface area contributed by atoms with Crippen molar-refractivity contribution in [2.24, 2.45) is 0 Å². The van der Waals surface area contributed by atoms with Crippen LogP contribution in [-0.4, -0.2) is 59.9 Å². The van der Waals surface area contributed by atoms with Crippen LogP contribution in [0.25, 0.3) is 0 Å². The van der Waals surface area contributed by atoms with Crippen molar-refractivity contribution in [1.29, 1.82) is 0 Å². The van der Waals surface area contributed by atoms with Crippen LogP contribution in [0.2, 0.25) is 0 Å². The summed E-state index contributed by atoms with van der Waals surface area (Å²) in [6.07, 6.45) is 1.13. The topological polar surface area (TPSA) is 52.7 Å². The smallest absolute Gasteiger partial charge is 0.234 e. The van der Waals surface area contributed by atoms with E-state index in [2.05, 4.69) is 10.2 Å². The van der Waals surface area contributed by atoms with Crippen molar-refractivity contribution in [2.75, 3.05) is 32.7 Å². The zero-order valence-electron chi connectivity index (χ0n) is 15.3. The minimum Gasteiger partial charge on any atom is -0.350 e. The van der Waals surface area contributed by atoms with E-state index in [0.29, 0.717) is 26.2 Å². The Kier molecular flexibility index (Phi) is 6.53. The molecule has 1 N–H and O–H groups in total. The Morgan fingerprint density at radius 3 is 2.40 bits per heavy atom. The predicted molar refractivity (Wildman–Crippen MR) is 95.6 cm³/mol. The molecular formula is C19H28FN3O2. The number of hydrogen-bond acceptors (Lipinski definition) is 3. The number of nitrogens with zero attached hydrogens (tertiary/aromatic N) is 2. The van der Waals surface area contributed by atoms with Crippen molar-refractivity contribution >= 4 is 11.8 Å². The van der Waals surface area contributed by atoms with E-state index in [4.69, 9.17) is 0 Å². The molecule has 0 radical (unpaired) electrons. The molecule has 0 bridgehead atoms. The lowest BCUT2D eigenvalue weighted by Crippen LogP contribution is -2.46. The van der Waals surface area contributed by atoms with Crippen LogP contribution in [0.1, 0.15) is 32.8 Å². The van der Waals surface area contributed by atoms with Gasteiger partial charge in [-0.15, -0.1) is 0 Å². The van der Waals surface area contributed by atoms with Crippen molar-refractivity contribution < 1.29 is 14.0 Å². The van der Waals surface area contributed by atoms with Gasteiger partial charge in [0.05, 0.1) is 13.0 Å².